The Morgan fingerprint density at radius 2 is 2.12 bits per heavy atom. The minimum absolute atomic E-state index is 0.109. The highest BCUT2D eigenvalue weighted by Gasteiger charge is 2.62. The number of carboxylic acid groups (broad SMARTS) is 1. The van der Waals surface area contributed by atoms with Gasteiger partial charge in [0.05, 0.1) is 5.54 Å². The monoisotopic (exact) mass is 241 g/mol. The van der Waals surface area contributed by atoms with Gasteiger partial charge in [-0.1, -0.05) is 20.8 Å². The molecule has 98 valence electrons. The van der Waals surface area contributed by atoms with Crippen LogP contribution in [0, 0.1) is 11.3 Å². The number of aliphatic hydroxyl groups excluding tert-OH is 1. The van der Waals surface area contributed by atoms with E-state index in [1.165, 1.54) is 0 Å². The predicted molar refractivity (Wildman–Crippen MR) is 64.9 cm³/mol. The van der Waals surface area contributed by atoms with E-state index in [1.54, 1.807) is 4.90 Å². The van der Waals surface area contributed by atoms with Gasteiger partial charge in [-0.15, -0.1) is 0 Å². The molecule has 0 aromatic rings. The Morgan fingerprint density at radius 3 is 2.59 bits per heavy atom. The Bertz CT molecular complexity index is 329. The van der Waals surface area contributed by atoms with Gasteiger partial charge in [-0.05, 0) is 37.0 Å². The molecule has 3 atom stereocenters. The van der Waals surface area contributed by atoms with Crippen molar-refractivity contribution in [1.82, 2.24) is 4.90 Å². The quantitative estimate of drug-likeness (QED) is 0.780. The van der Waals surface area contributed by atoms with Crippen LogP contribution in [0.15, 0.2) is 0 Å². The third-order valence-corrected chi connectivity index (χ3v) is 5.51. The zero-order valence-electron chi connectivity index (χ0n) is 10.9. The largest absolute Gasteiger partial charge is 0.465 e. The van der Waals surface area contributed by atoms with Crippen molar-refractivity contribution in [3.63, 3.8) is 0 Å². The first kappa shape index (κ1) is 12.7. The molecule has 2 N–H and O–H groups in total. The standard InChI is InChI=1S/C13H23NO3/c1-4-13-6-5-10(14(13)11(16)17)7-9(8-15)12(13,2)3/h9-10,15H,4-8H2,1-3H3,(H,16,17). The highest BCUT2D eigenvalue weighted by atomic mass is 16.4. The van der Waals surface area contributed by atoms with E-state index >= 15 is 0 Å². The fourth-order valence-corrected chi connectivity index (χ4v) is 4.31. The van der Waals surface area contributed by atoms with Crippen LogP contribution in [-0.2, 0) is 0 Å². The Labute approximate surface area is 103 Å². The third-order valence-electron chi connectivity index (χ3n) is 5.51. The molecule has 0 aliphatic carbocycles. The fourth-order valence-electron chi connectivity index (χ4n) is 4.31. The zero-order chi connectivity index (χ0) is 12.8. The van der Waals surface area contributed by atoms with E-state index in [9.17, 15) is 15.0 Å². The fraction of sp³-hybridized carbons (Fsp3) is 0.923. The summed E-state index contributed by atoms with van der Waals surface area (Å²) in [4.78, 5) is 13.2. The molecule has 2 fully saturated rings. The normalized spacial score (nSPS) is 39.4. The van der Waals surface area contributed by atoms with Gasteiger partial charge < -0.3 is 10.2 Å². The molecule has 0 radical (unpaired) electrons. The predicted octanol–water partition coefficient (Wildman–Crippen LogP) is 2.32. The molecule has 1 amide bonds. The summed E-state index contributed by atoms with van der Waals surface area (Å²) in [6, 6.07) is 0.109. The van der Waals surface area contributed by atoms with Gasteiger partial charge in [-0.25, -0.2) is 4.79 Å². The number of piperidine rings is 1. The molecule has 3 unspecified atom stereocenters. The SMILES string of the molecule is CCC12CCC(CC(CO)C1(C)C)N2C(=O)O. The van der Waals surface area contributed by atoms with Gasteiger partial charge in [0.25, 0.3) is 0 Å². The van der Waals surface area contributed by atoms with E-state index in [1.807, 2.05) is 0 Å². The van der Waals surface area contributed by atoms with E-state index in [4.69, 9.17) is 0 Å². The first-order valence-electron chi connectivity index (χ1n) is 6.54. The molecule has 2 aliphatic rings. The Morgan fingerprint density at radius 1 is 1.47 bits per heavy atom. The minimum Gasteiger partial charge on any atom is -0.465 e. The number of carbonyl (C=O) groups is 1. The molecular weight excluding hydrogens is 218 g/mol. The van der Waals surface area contributed by atoms with E-state index < -0.39 is 6.09 Å². The molecule has 0 aromatic heterocycles. The van der Waals surface area contributed by atoms with Crippen molar-refractivity contribution in [1.29, 1.82) is 0 Å². The molecule has 4 heteroatoms. The molecule has 2 rings (SSSR count). The van der Waals surface area contributed by atoms with Crippen molar-refractivity contribution < 1.29 is 15.0 Å². The molecule has 0 spiro atoms. The van der Waals surface area contributed by atoms with Gasteiger partial charge in [0.2, 0.25) is 0 Å². The first-order valence-corrected chi connectivity index (χ1v) is 6.54. The molecule has 2 heterocycles. The van der Waals surface area contributed by atoms with E-state index in [2.05, 4.69) is 20.8 Å². The Kier molecular flexibility index (Phi) is 2.89. The van der Waals surface area contributed by atoms with Crippen LogP contribution >= 0.6 is 0 Å². The number of rotatable bonds is 2. The maximum Gasteiger partial charge on any atom is 0.408 e. The summed E-state index contributed by atoms with van der Waals surface area (Å²) >= 11 is 0. The van der Waals surface area contributed by atoms with E-state index in [0.29, 0.717) is 0 Å². The molecule has 2 aliphatic heterocycles. The van der Waals surface area contributed by atoms with E-state index in [-0.39, 0.29) is 29.5 Å². The van der Waals surface area contributed by atoms with Crippen molar-refractivity contribution in [3.05, 3.63) is 0 Å². The lowest BCUT2D eigenvalue weighted by Crippen LogP contribution is -2.64. The smallest absolute Gasteiger partial charge is 0.408 e. The lowest BCUT2D eigenvalue weighted by molar-refractivity contribution is -0.0870. The van der Waals surface area contributed by atoms with Crippen molar-refractivity contribution >= 4 is 6.09 Å². The van der Waals surface area contributed by atoms with Gasteiger partial charge in [0.15, 0.2) is 0 Å². The highest BCUT2D eigenvalue weighted by molar-refractivity contribution is 5.68. The summed E-state index contributed by atoms with van der Waals surface area (Å²) in [5.41, 5.74) is -0.433. The Hall–Kier alpha value is -0.770. The molecular formula is C13H23NO3. The van der Waals surface area contributed by atoms with Gasteiger partial charge in [0.1, 0.15) is 0 Å². The van der Waals surface area contributed by atoms with Crippen LogP contribution in [0.25, 0.3) is 0 Å². The number of fused-ring (bicyclic) bond motifs is 2. The molecule has 4 nitrogen and oxygen atoms in total. The zero-order valence-corrected chi connectivity index (χ0v) is 10.9. The molecule has 2 saturated heterocycles. The topological polar surface area (TPSA) is 60.8 Å². The third kappa shape index (κ3) is 1.43. The summed E-state index contributed by atoms with van der Waals surface area (Å²) in [5, 5.41) is 19.0. The van der Waals surface area contributed by atoms with Crippen LogP contribution in [0.4, 0.5) is 4.79 Å². The summed E-state index contributed by atoms with van der Waals surface area (Å²) in [6.07, 6.45) is 2.72. The van der Waals surface area contributed by atoms with Gasteiger partial charge in [-0.3, -0.25) is 4.90 Å². The Balaban J connectivity index is 2.47. The average molecular weight is 241 g/mol. The maximum absolute atomic E-state index is 11.5. The second-order valence-corrected chi connectivity index (χ2v) is 6.07. The lowest BCUT2D eigenvalue weighted by Gasteiger charge is -2.57. The second kappa shape index (κ2) is 3.87. The van der Waals surface area contributed by atoms with Crippen molar-refractivity contribution in [2.45, 2.75) is 58.0 Å². The molecule has 17 heavy (non-hydrogen) atoms. The van der Waals surface area contributed by atoms with Gasteiger partial charge >= 0.3 is 6.09 Å². The number of hydrogen-bond acceptors (Lipinski definition) is 2. The van der Waals surface area contributed by atoms with Crippen molar-refractivity contribution in [2.24, 2.45) is 11.3 Å². The number of hydrogen-bond donors (Lipinski definition) is 2. The number of amides is 1. The van der Waals surface area contributed by atoms with Crippen LogP contribution in [0.3, 0.4) is 0 Å². The number of nitrogens with zero attached hydrogens (tertiary/aromatic N) is 1. The second-order valence-electron chi connectivity index (χ2n) is 6.07. The van der Waals surface area contributed by atoms with Crippen molar-refractivity contribution in [2.75, 3.05) is 6.61 Å². The maximum atomic E-state index is 11.5. The summed E-state index contributed by atoms with van der Waals surface area (Å²) in [6.45, 7) is 6.47. The van der Waals surface area contributed by atoms with Crippen molar-refractivity contribution in [3.8, 4) is 0 Å². The minimum atomic E-state index is -0.793. The first-order chi connectivity index (χ1) is 7.90. The van der Waals surface area contributed by atoms with Crippen LogP contribution in [0.1, 0.15) is 46.5 Å². The summed E-state index contributed by atoms with van der Waals surface area (Å²) < 4.78 is 0. The molecule has 0 aromatic carbocycles. The molecule has 2 bridgehead atoms. The van der Waals surface area contributed by atoms with Crippen LogP contribution < -0.4 is 0 Å². The summed E-state index contributed by atoms with van der Waals surface area (Å²) in [7, 11) is 0. The molecule has 0 saturated carbocycles. The van der Waals surface area contributed by atoms with Crippen LogP contribution in [-0.4, -0.2) is 39.4 Å². The highest BCUT2D eigenvalue weighted by Crippen LogP contribution is 2.58. The summed E-state index contributed by atoms with van der Waals surface area (Å²) in [5.74, 6) is 0.213. The van der Waals surface area contributed by atoms with Crippen LogP contribution in [0.2, 0.25) is 0 Å². The van der Waals surface area contributed by atoms with Crippen LogP contribution in [0.5, 0.6) is 0 Å². The lowest BCUT2D eigenvalue weighted by atomic mass is 9.60. The average Bonchev–Trinajstić information content (AvgIpc) is 2.60. The van der Waals surface area contributed by atoms with Gasteiger partial charge in [0, 0.05) is 12.6 Å². The van der Waals surface area contributed by atoms with E-state index in [0.717, 1.165) is 25.7 Å². The van der Waals surface area contributed by atoms with Gasteiger partial charge in [-0.2, -0.15) is 0 Å². The number of aliphatic hydroxyl groups is 1.